The number of rotatable bonds is 10. The maximum Gasteiger partial charge on any atom is 0.150 e. The van der Waals surface area contributed by atoms with Gasteiger partial charge in [0.1, 0.15) is 11.5 Å². The van der Waals surface area contributed by atoms with Crippen LogP contribution in [-0.2, 0) is 25.8 Å². The first-order valence-corrected chi connectivity index (χ1v) is 23.8. The zero-order valence-corrected chi connectivity index (χ0v) is 44.7. The number of hydrogen-bond donors (Lipinski definition) is 0. The monoisotopic (exact) mass is 1090 g/mol. The van der Waals surface area contributed by atoms with Gasteiger partial charge in [0.2, 0.25) is 0 Å². The van der Waals surface area contributed by atoms with E-state index in [2.05, 4.69) is 140 Å². The SMILES string of the molecule is Cc1cc(C)c(N2CCN(c3ccccc3Oc3ccccc3)C2[NH-])c(C)c1.Cc1cc(C)c(N2CCN(c3ccccc3Oc3ccccc3)C2[NH-])c(C)c1.[Hf].c1ccc([CH-]c2ccccc2)cc1. The van der Waals surface area contributed by atoms with Crippen molar-refractivity contribution >= 4 is 22.7 Å². The van der Waals surface area contributed by atoms with E-state index in [4.69, 9.17) is 20.9 Å². The Bertz CT molecular complexity index is 2660. The van der Waals surface area contributed by atoms with Gasteiger partial charge in [-0.25, -0.2) is 0 Å². The van der Waals surface area contributed by atoms with Crippen LogP contribution in [0, 0.1) is 48.0 Å². The number of anilines is 4. The second-order valence-electron chi connectivity index (χ2n) is 17.7. The fraction of sp³-hybridized carbons (Fsp3) is 0.197. The van der Waals surface area contributed by atoms with E-state index >= 15 is 0 Å². The third-order valence-electron chi connectivity index (χ3n) is 12.4. The summed E-state index contributed by atoms with van der Waals surface area (Å²) >= 11 is 0. The van der Waals surface area contributed by atoms with Gasteiger partial charge in [0.05, 0.1) is 11.4 Å². The smallest absolute Gasteiger partial charge is 0.150 e. The van der Waals surface area contributed by atoms with Gasteiger partial charge in [0.15, 0.2) is 11.5 Å². The Morgan fingerprint density at radius 2 is 0.671 bits per heavy atom. The van der Waals surface area contributed by atoms with Crippen molar-refractivity contribution in [1.29, 1.82) is 0 Å². The molecular weight excluding hydrogens is 1030 g/mol. The summed E-state index contributed by atoms with van der Waals surface area (Å²) in [5.41, 5.74) is 32.1. The minimum absolute atomic E-state index is 0. The molecule has 10 rings (SSSR count). The first-order valence-electron chi connectivity index (χ1n) is 23.8. The van der Waals surface area contributed by atoms with Gasteiger partial charge < -0.3 is 40.5 Å². The number of benzene rings is 8. The minimum Gasteiger partial charge on any atom is -0.640 e. The van der Waals surface area contributed by atoms with E-state index in [1.165, 1.54) is 55.9 Å². The van der Waals surface area contributed by atoms with Crippen molar-refractivity contribution in [2.24, 2.45) is 0 Å². The van der Waals surface area contributed by atoms with Crippen LogP contribution in [0.2, 0.25) is 0 Å². The van der Waals surface area contributed by atoms with Crippen LogP contribution >= 0.6 is 0 Å². The fourth-order valence-electron chi connectivity index (χ4n) is 9.56. The summed E-state index contributed by atoms with van der Waals surface area (Å²) in [5, 5.41) is 0. The predicted molar refractivity (Wildman–Crippen MR) is 288 cm³/mol. The first kappa shape index (κ1) is 51.1. The Morgan fingerprint density at radius 3 is 1.01 bits per heavy atom. The molecule has 2 aliphatic heterocycles. The maximum atomic E-state index is 8.94. The molecule has 356 valence electrons. The van der Waals surface area contributed by atoms with Crippen molar-refractivity contribution in [2.75, 3.05) is 45.8 Å². The summed E-state index contributed by atoms with van der Waals surface area (Å²) in [6.07, 6.45) is 1.20. The van der Waals surface area contributed by atoms with Crippen LogP contribution in [0.4, 0.5) is 22.7 Å². The molecule has 2 N–H and O–H groups in total. The van der Waals surface area contributed by atoms with Crippen LogP contribution in [0.15, 0.2) is 194 Å². The van der Waals surface area contributed by atoms with Crippen molar-refractivity contribution in [1.82, 2.24) is 0 Å². The average Bonchev–Trinajstić information content (AvgIpc) is 3.91. The predicted octanol–water partition coefficient (Wildman–Crippen LogP) is 15.4. The van der Waals surface area contributed by atoms with E-state index in [9.17, 15) is 0 Å². The van der Waals surface area contributed by atoms with Crippen molar-refractivity contribution in [3.05, 3.63) is 257 Å². The third kappa shape index (κ3) is 12.5. The molecule has 0 aromatic heterocycles. The molecule has 0 bridgehead atoms. The van der Waals surface area contributed by atoms with Gasteiger partial charge in [-0.3, -0.25) is 0 Å². The van der Waals surface area contributed by atoms with Gasteiger partial charge in [0.25, 0.3) is 0 Å². The molecule has 2 saturated heterocycles. The van der Waals surface area contributed by atoms with E-state index in [0.717, 1.165) is 60.6 Å². The second-order valence-corrected chi connectivity index (χ2v) is 17.7. The molecule has 0 aliphatic carbocycles. The number of nitrogens with one attached hydrogen (secondary N) is 2. The van der Waals surface area contributed by atoms with Crippen LogP contribution < -0.4 is 29.1 Å². The number of aryl methyl sites for hydroxylation is 6. The van der Waals surface area contributed by atoms with Crippen LogP contribution in [0.25, 0.3) is 11.5 Å². The molecule has 8 nitrogen and oxygen atoms in total. The first-order chi connectivity index (χ1) is 33.5. The quantitative estimate of drug-likeness (QED) is 0.100. The molecule has 2 fully saturated rings. The molecule has 0 spiro atoms. The largest absolute Gasteiger partial charge is 0.640 e. The van der Waals surface area contributed by atoms with Gasteiger partial charge >= 0.3 is 0 Å². The molecule has 2 heterocycles. The Kier molecular flexibility index (Phi) is 17.6. The summed E-state index contributed by atoms with van der Waals surface area (Å²) in [6, 6.07) is 65.1. The van der Waals surface area contributed by atoms with Gasteiger partial charge in [-0.1, -0.05) is 132 Å². The standard InChI is InChI=1S/2C24H26N3O.C13H11.Hf/c2*1-17-15-18(2)23(19(3)16-17)27-14-13-26(24(27)25)21-11-7-8-12-22(21)28-20-9-5-4-6-10-20;1-3-7-12(8-4-1)11-13-9-5-2-6-10-13;/h2*4-12,15-16,24-25H,13-14H2,1-3H3;1-11H;/q3*-1;. The van der Waals surface area contributed by atoms with E-state index in [-0.39, 0.29) is 25.8 Å². The van der Waals surface area contributed by atoms with Crippen molar-refractivity contribution in [3.63, 3.8) is 0 Å². The van der Waals surface area contributed by atoms with E-state index < -0.39 is 12.6 Å². The van der Waals surface area contributed by atoms with Crippen molar-refractivity contribution in [2.45, 2.75) is 54.1 Å². The topological polar surface area (TPSA) is 79.0 Å². The molecule has 8 aromatic carbocycles. The minimum atomic E-state index is -0.486. The second kappa shape index (κ2) is 24.2. The normalized spacial score (nSPS) is 15.0. The summed E-state index contributed by atoms with van der Waals surface area (Å²) in [6.45, 7) is 16.0. The van der Waals surface area contributed by atoms with E-state index in [0.29, 0.717) is 0 Å². The number of ether oxygens (including phenoxy) is 2. The average molecular weight is 1090 g/mol. The molecule has 0 saturated carbocycles. The van der Waals surface area contributed by atoms with Crippen molar-refractivity contribution in [3.8, 4) is 23.0 Å². The molecule has 2 unspecified atom stereocenters. The molecule has 0 radical (unpaired) electrons. The van der Waals surface area contributed by atoms with E-state index in [1.807, 2.05) is 121 Å². The number of para-hydroxylation sites is 6. The zero-order valence-electron chi connectivity index (χ0n) is 41.1. The summed E-state index contributed by atoms with van der Waals surface area (Å²) in [5.74, 6) is 3.17. The van der Waals surface area contributed by atoms with Crippen molar-refractivity contribution < 1.29 is 35.3 Å². The summed E-state index contributed by atoms with van der Waals surface area (Å²) in [7, 11) is 0. The summed E-state index contributed by atoms with van der Waals surface area (Å²) in [4.78, 5) is 8.58. The van der Waals surface area contributed by atoms with E-state index in [1.54, 1.807) is 0 Å². The molecule has 2 atom stereocenters. The van der Waals surface area contributed by atoms with Gasteiger partial charge in [0, 0.05) is 76.0 Å². The maximum absolute atomic E-state index is 8.94. The molecule has 2 aliphatic rings. The van der Waals surface area contributed by atoms with Crippen LogP contribution in [0.3, 0.4) is 0 Å². The van der Waals surface area contributed by atoms with Gasteiger partial charge in [-0.15, -0.1) is 41.8 Å². The third-order valence-corrected chi connectivity index (χ3v) is 12.4. The molecule has 9 heteroatoms. The fourth-order valence-corrected chi connectivity index (χ4v) is 9.56. The molecule has 8 aromatic rings. The van der Waals surface area contributed by atoms with Gasteiger partial charge in [-0.2, -0.15) is 0 Å². The van der Waals surface area contributed by atoms with Crippen LogP contribution in [0.1, 0.15) is 44.5 Å². The Labute approximate surface area is 434 Å². The Balaban J connectivity index is 0.000000164. The molecule has 0 amide bonds. The number of hydrogen-bond acceptors (Lipinski definition) is 6. The van der Waals surface area contributed by atoms with Gasteiger partial charge in [-0.05, 0) is 112 Å². The number of nitrogens with zero attached hydrogens (tertiary/aromatic N) is 4. The Hall–Kier alpha value is -6.78. The Morgan fingerprint density at radius 1 is 0.386 bits per heavy atom. The van der Waals surface area contributed by atoms with Crippen LogP contribution in [0.5, 0.6) is 23.0 Å². The van der Waals surface area contributed by atoms with Crippen LogP contribution in [-0.4, -0.2) is 38.8 Å². The molecular formula is C61H63HfN6O2-3. The zero-order chi connectivity index (χ0) is 48.3. The summed E-state index contributed by atoms with van der Waals surface area (Å²) < 4.78 is 12.3. The molecule has 70 heavy (non-hydrogen) atoms.